The first-order valence-electron chi connectivity index (χ1n) is 9.76. The summed E-state index contributed by atoms with van der Waals surface area (Å²) in [7, 11) is 0. The fourth-order valence-corrected chi connectivity index (χ4v) is 4.37. The van der Waals surface area contributed by atoms with Crippen molar-refractivity contribution >= 4 is 11.9 Å². The van der Waals surface area contributed by atoms with Crippen molar-refractivity contribution in [3.63, 3.8) is 0 Å². The van der Waals surface area contributed by atoms with Crippen LogP contribution < -0.4 is 0 Å². The van der Waals surface area contributed by atoms with Crippen molar-refractivity contribution in [3.05, 3.63) is 58.7 Å². The Morgan fingerprint density at radius 2 is 1.63 bits per heavy atom. The number of hydrogen-bond acceptors (Lipinski definition) is 2. The summed E-state index contributed by atoms with van der Waals surface area (Å²) in [5.41, 5.74) is 3.45. The quantitative estimate of drug-likeness (QED) is 0.682. The van der Waals surface area contributed by atoms with E-state index in [1.165, 1.54) is 12.5 Å². The van der Waals surface area contributed by atoms with E-state index in [9.17, 15) is 19.8 Å². The predicted octanol–water partition coefficient (Wildman–Crippen LogP) is 5.75. The van der Waals surface area contributed by atoms with Crippen molar-refractivity contribution in [2.45, 2.75) is 57.8 Å². The first-order valence-corrected chi connectivity index (χ1v) is 9.76. The number of aromatic carboxylic acids is 2. The molecular weight excluding hydrogens is 340 g/mol. The molecule has 27 heavy (non-hydrogen) atoms. The van der Waals surface area contributed by atoms with Gasteiger partial charge >= 0.3 is 11.9 Å². The number of carboxylic acid groups (broad SMARTS) is 2. The number of aryl methyl sites for hydroxylation is 1. The summed E-state index contributed by atoms with van der Waals surface area (Å²) in [6, 6.07) is 10.5. The molecule has 0 radical (unpaired) electrons. The minimum absolute atomic E-state index is 0.137. The average Bonchev–Trinajstić information content (AvgIpc) is 2.68. The van der Waals surface area contributed by atoms with E-state index in [1.54, 1.807) is 24.3 Å². The molecular formula is C23H26O4. The van der Waals surface area contributed by atoms with Crippen molar-refractivity contribution in [2.75, 3.05) is 0 Å². The number of rotatable bonds is 6. The van der Waals surface area contributed by atoms with Crippen molar-refractivity contribution in [1.29, 1.82) is 0 Å². The van der Waals surface area contributed by atoms with Gasteiger partial charge in [-0.2, -0.15) is 0 Å². The second-order valence-electron chi connectivity index (χ2n) is 7.30. The highest BCUT2D eigenvalue weighted by Crippen LogP contribution is 2.41. The minimum Gasteiger partial charge on any atom is -0.478 e. The van der Waals surface area contributed by atoms with Crippen LogP contribution in [-0.4, -0.2) is 22.2 Å². The average molecular weight is 366 g/mol. The van der Waals surface area contributed by atoms with Crippen LogP contribution >= 0.6 is 0 Å². The maximum absolute atomic E-state index is 12.3. The Morgan fingerprint density at radius 1 is 0.926 bits per heavy atom. The Labute approximate surface area is 159 Å². The molecule has 2 N–H and O–H groups in total. The molecule has 142 valence electrons. The normalized spacial score (nSPS) is 14.9. The molecule has 0 unspecified atom stereocenters. The van der Waals surface area contributed by atoms with Gasteiger partial charge in [0.15, 0.2) is 0 Å². The molecule has 0 saturated heterocycles. The van der Waals surface area contributed by atoms with Crippen LogP contribution in [0.15, 0.2) is 36.4 Å². The SMILES string of the molecule is CCCc1ccc(-c2ccccc2C(=O)O)c(C(=O)O)c1C1CCCCC1. The molecule has 0 aromatic heterocycles. The van der Waals surface area contributed by atoms with Crippen LogP contribution in [-0.2, 0) is 6.42 Å². The standard InChI is InChI=1S/C23H26O4/c1-2-8-15-13-14-18(17-11-6-7-12-19(17)22(24)25)21(23(26)27)20(15)16-9-4-3-5-10-16/h6-7,11-14,16H,2-5,8-10H2,1H3,(H,24,25)(H,26,27). The predicted molar refractivity (Wildman–Crippen MR) is 106 cm³/mol. The molecule has 0 heterocycles. The van der Waals surface area contributed by atoms with Gasteiger partial charge in [0.05, 0.1) is 11.1 Å². The third kappa shape index (κ3) is 3.90. The second kappa shape index (κ2) is 8.38. The molecule has 0 amide bonds. The van der Waals surface area contributed by atoms with Gasteiger partial charge in [-0.15, -0.1) is 0 Å². The maximum atomic E-state index is 12.3. The lowest BCUT2D eigenvalue weighted by Gasteiger charge is -2.27. The summed E-state index contributed by atoms with van der Waals surface area (Å²) in [6.45, 7) is 2.10. The van der Waals surface area contributed by atoms with Crippen LogP contribution in [0, 0.1) is 0 Å². The maximum Gasteiger partial charge on any atom is 0.336 e. The molecule has 3 rings (SSSR count). The zero-order valence-electron chi connectivity index (χ0n) is 15.7. The van der Waals surface area contributed by atoms with Gasteiger partial charge in [0.1, 0.15) is 0 Å². The van der Waals surface area contributed by atoms with E-state index in [-0.39, 0.29) is 11.5 Å². The van der Waals surface area contributed by atoms with E-state index in [2.05, 4.69) is 6.92 Å². The molecule has 1 aliphatic carbocycles. The molecule has 0 atom stereocenters. The number of carbonyl (C=O) groups is 2. The van der Waals surface area contributed by atoms with Crippen molar-refractivity contribution in [1.82, 2.24) is 0 Å². The van der Waals surface area contributed by atoms with Crippen molar-refractivity contribution in [2.24, 2.45) is 0 Å². The van der Waals surface area contributed by atoms with E-state index in [1.807, 2.05) is 6.07 Å². The van der Waals surface area contributed by atoms with Gasteiger partial charge in [-0.25, -0.2) is 9.59 Å². The summed E-state index contributed by atoms with van der Waals surface area (Å²) in [6.07, 6.45) is 7.22. The van der Waals surface area contributed by atoms with Gasteiger partial charge in [0, 0.05) is 0 Å². The first kappa shape index (κ1) is 19.2. The third-order valence-corrected chi connectivity index (χ3v) is 5.53. The van der Waals surface area contributed by atoms with E-state index in [0.29, 0.717) is 16.7 Å². The van der Waals surface area contributed by atoms with Gasteiger partial charge < -0.3 is 10.2 Å². The van der Waals surface area contributed by atoms with Gasteiger partial charge in [-0.3, -0.25) is 0 Å². The third-order valence-electron chi connectivity index (χ3n) is 5.53. The smallest absolute Gasteiger partial charge is 0.336 e. The largest absolute Gasteiger partial charge is 0.478 e. The van der Waals surface area contributed by atoms with E-state index >= 15 is 0 Å². The number of benzene rings is 2. The Hall–Kier alpha value is -2.62. The lowest BCUT2D eigenvalue weighted by atomic mass is 9.77. The van der Waals surface area contributed by atoms with Gasteiger partial charge in [-0.05, 0) is 53.5 Å². The van der Waals surface area contributed by atoms with Gasteiger partial charge in [0.2, 0.25) is 0 Å². The van der Waals surface area contributed by atoms with Crippen molar-refractivity contribution < 1.29 is 19.8 Å². The summed E-state index contributed by atoms with van der Waals surface area (Å²) >= 11 is 0. The van der Waals surface area contributed by atoms with E-state index in [4.69, 9.17) is 0 Å². The topological polar surface area (TPSA) is 74.6 Å². The highest BCUT2D eigenvalue weighted by Gasteiger charge is 2.28. The minimum atomic E-state index is -1.04. The molecule has 0 aliphatic heterocycles. The summed E-state index contributed by atoms with van der Waals surface area (Å²) in [4.78, 5) is 24.0. The van der Waals surface area contributed by atoms with Crippen LogP contribution in [0.3, 0.4) is 0 Å². The molecule has 0 bridgehead atoms. The molecule has 0 spiro atoms. The van der Waals surface area contributed by atoms with Crippen LogP contribution in [0.5, 0.6) is 0 Å². The fourth-order valence-electron chi connectivity index (χ4n) is 4.37. The Morgan fingerprint density at radius 3 is 2.26 bits per heavy atom. The molecule has 1 saturated carbocycles. The highest BCUT2D eigenvalue weighted by atomic mass is 16.4. The zero-order chi connectivity index (χ0) is 19.4. The summed E-state index contributed by atoms with van der Waals surface area (Å²) in [5.74, 6) is -1.77. The van der Waals surface area contributed by atoms with Crippen LogP contribution in [0.25, 0.3) is 11.1 Å². The van der Waals surface area contributed by atoms with Crippen LogP contribution in [0.4, 0.5) is 0 Å². The highest BCUT2D eigenvalue weighted by molar-refractivity contribution is 6.03. The lowest BCUT2D eigenvalue weighted by molar-refractivity contribution is 0.0683. The lowest BCUT2D eigenvalue weighted by Crippen LogP contribution is -2.15. The van der Waals surface area contributed by atoms with E-state index < -0.39 is 11.9 Å². The van der Waals surface area contributed by atoms with Crippen LogP contribution in [0.2, 0.25) is 0 Å². The molecule has 1 fully saturated rings. The Balaban J connectivity index is 2.27. The molecule has 4 heteroatoms. The molecule has 1 aliphatic rings. The second-order valence-corrected chi connectivity index (χ2v) is 7.30. The number of hydrogen-bond donors (Lipinski definition) is 2. The molecule has 4 nitrogen and oxygen atoms in total. The zero-order valence-corrected chi connectivity index (χ0v) is 15.7. The fraction of sp³-hybridized carbons (Fsp3) is 0.391. The Kier molecular flexibility index (Phi) is 5.94. The molecule has 2 aromatic rings. The van der Waals surface area contributed by atoms with Crippen LogP contribution in [0.1, 0.15) is 83.2 Å². The van der Waals surface area contributed by atoms with Gasteiger partial charge in [-0.1, -0.05) is 62.9 Å². The Bertz CT molecular complexity index is 847. The van der Waals surface area contributed by atoms with E-state index in [0.717, 1.165) is 49.7 Å². The first-order chi connectivity index (χ1) is 13.0. The molecule has 2 aromatic carbocycles. The monoisotopic (exact) mass is 366 g/mol. The summed E-state index contributed by atoms with van der Waals surface area (Å²) < 4.78 is 0. The number of carboxylic acids is 2. The van der Waals surface area contributed by atoms with Gasteiger partial charge in [0.25, 0.3) is 0 Å². The van der Waals surface area contributed by atoms with Crippen molar-refractivity contribution in [3.8, 4) is 11.1 Å². The summed E-state index contributed by atoms with van der Waals surface area (Å²) in [5, 5.41) is 19.7.